The van der Waals surface area contributed by atoms with E-state index in [0.29, 0.717) is 12.2 Å². The largest absolute Gasteiger partial charge is 0.459 e. The molecule has 20 heavy (non-hydrogen) atoms. The quantitative estimate of drug-likeness (QED) is 0.568. The van der Waals surface area contributed by atoms with Crippen LogP contribution in [-0.2, 0) is 9.53 Å². The van der Waals surface area contributed by atoms with E-state index in [1.807, 2.05) is 0 Å². The molecule has 0 fully saturated rings. The van der Waals surface area contributed by atoms with Gasteiger partial charge in [-0.1, -0.05) is 58.8 Å². The predicted molar refractivity (Wildman–Crippen MR) is 81.3 cm³/mol. The van der Waals surface area contributed by atoms with Gasteiger partial charge in [0.25, 0.3) is 5.79 Å². The fraction of sp³-hybridized carbons (Fsp3) is 0.824. The van der Waals surface area contributed by atoms with Crippen LogP contribution >= 0.6 is 0 Å². The summed E-state index contributed by atoms with van der Waals surface area (Å²) in [6, 6.07) is 0. The molecular formula is C17H30O3. The summed E-state index contributed by atoms with van der Waals surface area (Å²) in [4.78, 5) is 11.9. The fourth-order valence-corrected chi connectivity index (χ4v) is 2.55. The van der Waals surface area contributed by atoms with Crippen LogP contribution in [0.4, 0.5) is 0 Å². The van der Waals surface area contributed by atoms with Gasteiger partial charge in [-0.25, -0.2) is 0 Å². The fourth-order valence-electron chi connectivity index (χ4n) is 2.55. The highest BCUT2D eigenvalue weighted by atomic mass is 16.6. The van der Waals surface area contributed by atoms with E-state index in [1.54, 1.807) is 0 Å². The van der Waals surface area contributed by atoms with Gasteiger partial charge < -0.3 is 9.84 Å². The van der Waals surface area contributed by atoms with Crippen molar-refractivity contribution in [1.29, 1.82) is 0 Å². The van der Waals surface area contributed by atoms with Crippen LogP contribution in [-0.4, -0.2) is 16.7 Å². The lowest BCUT2D eigenvalue weighted by molar-refractivity contribution is -0.180. The minimum absolute atomic E-state index is 0.266. The topological polar surface area (TPSA) is 46.5 Å². The lowest BCUT2D eigenvalue weighted by Crippen LogP contribution is -2.36. The molecule has 0 saturated carbocycles. The Hall–Kier alpha value is -0.830. The first-order valence-corrected chi connectivity index (χ1v) is 8.28. The summed E-state index contributed by atoms with van der Waals surface area (Å²) < 4.78 is 5.52. The predicted octanol–water partition coefficient (Wildman–Crippen LogP) is 4.49. The van der Waals surface area contributed by atoms with E-state index >= 15 is 0 Å². The molecule has 0 aliphatic carbocycles. The Balaban J connectivity index is 2.25. The second kappa shape index (κ2) is 9.17. The van der Waals surface area contributed by atoms with Gasteiger partial charge in [0.05, 0.1) is 0 Å². The molecule has 0 saturated heterocycles. The van der Waals surface area contributed by atoms with E-state index in [2.05, 4.69) is 13.8 Å². The molecule has 1 aliphatic rings. The molecule has 0 aromatic carbocycles. The molecule has 116 valence electrons. The Morgan fingerprint density at radius 2 is 1.60 bits per heavy atom. The first-order valence-electron chi connectivity index (χ1n) is 8.28. The van der Waals surface area contributed by atoms with Crippen molar-refractivity contribution >= 4 is 5.78 Å². The molecule has 1 rings (SSSR count). The van der Waals surface area contributed by atoms with Gasteiger partial charge in [-0.3, -0.25) is 4.79 Å². The Morgan fingerprint density at radius 3 is 2.25 bits per heavy atom. The normalized spacial score (nSPS) is 21.9. The third-order valence-electron chi connectivity index (χ3n) is 3.87. The summed E-state index contributed by atoms with van der Waals surface area (Å²) in [7, 11) is 0. The van der Waals surface area contributed by atoms with Crippen molar-refractivity contribution in [3.8, 4) is 0 Å². The minimum atomic E-state index is -1.56. The minimum Gasteiger partial charge on any atom is -0.459 e. The molecule has 0 aromatic heterocycles. The molecule has 3 heteroatoms. The van der Waals surface area contributed by atoms with Crippen LogP contribution < -0.4 is 0 Å². The first kappa shape index (κ1) is 17.2. The average molecular weight is 282 g/mol. The molecule has 0 unspecified atom stereocenters. The molecule has 0 spiro atoms. The second-order valence-corrected chi connectivity index (χ2v) is 5.84. The second-order valence-electron chi connectivity index (χ2n) is 5.84. The number of unbranched alkanes of at least 4 members (excludes halogenated alkanes) is 7. The summed E-state index contributed by atoms with van der Waals surface area (Å²) in [6.45, 7) is 4.34. The van der Waals surface area contributed by atoms with Gasteiger partial charge >= 0.3 is 0 Å². The van der Waals surface area contributed by atoms with Crippen molar-refractivity contribution in [3.63, 3.8) is 0 Å². The van der Waals surface area contributed by atoms with E-state index in [4.69, 9.17) is 4.74 Å². The zero-order valence-electron chi connectivity index (χ0n) is 13.1. The van der Waals surface area contributed by atoms with E-state index in [0.717, 1.165) is 44.9 Å². The number of carbonyl (C=O) groups excluding carboxylic acids is 1. The molecule has 0 aromatic rings. The smallest absolute Gasteiger partial charge is 0.271 e. The zero-order chi connectivity index (χ0) is 14.8. The number of aliphatic hydroxyl groups is 1. The number of ketones is 1. The maximum atomic E-state index is 11.9. The zero-order valence-corrected chi connectivity index (χ0v) is 13.1. The highest BCUT2D eigenvalue weighted by Crippen LogP contribution is 2.30. The molecule has 1 aliphatic heterocycles. The number of allylic oxidation sites excluding steroid dienone is 1. The van der Waals surface area contributed by atoms with Crippen molar-refractivity contribution in [2.75, 3.05) is 0 Å². The number of ether oxygens (including phenoxy) is 1. The summed E-state index contributed by atoms with van der Waals surface area (Å²) in [5, 5.41) is 10.2. The summed E-state index contributed by atoms with van der Waals surface area (Å²) in [6.07, 6.45) is 12.8. The van der Waals surface area contributed by atoms with Crippen LogP contribution in [0.2, 0.25) is 0 Å². The SMILES string of the molecule is CCCCCCCC1=CC(=O)[C@@](O)(CCCCCC)O1. The molecule has 0 amide bonds. The van der Waals surface area contributed by atoms with Crippen molar-refractivity contribution in [2.45, 2.75) is 90.3 Å². The van der Waals surface area contributed by atoms with E-state index in [1.165, 1.54) is 25.3 Å². The van der Waals surface area contributed by atoms with Crippen molar-refractivity contribution < 1.29 is 14.6 Å². The van der Waals surface area contributed by atoms with Gasteiger partial charge in [-0.15, -0.1) is 0 Å². The van der Waals surface area contributed by atoms with Crippen LogP contribution in [0.15, 0.2) is 11.8 Å². The Labute approximate surface area is 123 Å². The number of hydrogen-bond acceptors (Lipinski definition) is 3. The lowest BCUT2D eigenvalue weighted by Gasteiger charge is -2.22. The number of hydrogen-bond donors (Lipinski definition) is 1. The van der Waals surface area contributed by atoms with Crippen LogP contribution in [0.25, 0.3) is 0 Å². The molecular weight excluding hydrogens is 252 g/mol. The number of rotatable bonds is 11. The van der Waals surface area contributed by atoms with E-state index < -0.39 is 5.79 Å². The molecule has 0 bridgehead atoms. The third-order valence-corrected chi connectivity index (χ3v) is 3.87. The van der Waals surface area contributed by atoms with Crippen molar-refractivity contribution in [1.82, 2.24) is 0 Å². The highest BCUT2D eigenvalue weighted by Gasteiger charge is 2.41. The van der Waals surface area contributed by atoms with Gasteiger partial charge in [0, 0.05) is 18.9 Å². The van der Waals surface area contributed by atoms with Crippen LogP contribution in [0, 0.1) is 0 Å². The monoisotopic (exact) mass is 282 g/mol. The standard InChI is InChI=1S/C17H30O3/c1-3-5-7-9-10-12-15-14-16(18)17(19,20-15)13-11-8-6-4-2/h14,19H,3-13H2,1-2H3/t17-/m1/s1. The average Bonchev–Trinajstić information content (AvgIpc) is 2.70. The van der Waals surface area contributed by atoms with Crippen LogP contribution in [0.3, 0.4) is 0 Å². The molecule has 1 N–H and O–H groups in total. The van der Waals surface area contributed by atoms with E-state index in [9.17, 15) is 9.90 Å². The highest BCUT2D eigenvalue weighted by molar-refractivity contribution is 5.97. The molecule has 0 radical (unpaired) electrons. The van der Waals surface area contributed by atoms with Crippen molar-refractivity contribution in [3.05, 3.63) is 11.8 Å². The maximum Gasteiger partial charge on any atom is 0.271 e. The van der Waals surface area contributed by atoms with Gasteiger partial charge in [0.15, 0.2) is 0 Å². The Morgan fingerprint density at radius 1 is 1.00 bits per heavy atom. The Bertz CT molecular complexity index is 322. The summed E-state index contributed by atoms with van der Waals surface area (Å²) >= 11 is 0. The molecule has 3 nitrogen and oxygen atoms in total. The first-order chi connectivity index (χ1) is 9.62. The van der Waals surface area contributed by atoms with Gasteiger partial charge in [0.2, 0.25) is 5.78 Å². The third kappa shape index (κ3) is 5.66. The lowest BCUT2D eigenvalue weighted by atomic mass is 10.0. The maximum absolute atomic E-state index is 11.9. The molecule has 1 heterocycles. The van der Waals surface area contributed by atoms with Gasteiger partial charge in [0.1, 0.15) is 5.76 Å². The van der Waals surface area contributed by atoms with Gasteiger partial charge in [-0.2, -0.15) is 0 Å². The summed E-state index contributed by atoms with van der Waals surface area (Å²) in [5.41, 5.74) is 0. The van der Waals surface area contributed by atoms with Crippen LogP contribution in [0.5, 0.6) is 0 Å². The van der Waals surface area contributed by atoms with Crippen molar-refractivity contribution in [2.24, 2.45) is 0 Å². The van der Waals surface area contributed by atoms with E-state index in [-0.39, 0.29) is 5.78 Å². The van der Waals surface area contributed by atoms with Crippen LogP contribution in [0.1, 0.15) is 84.5 Å². The summed E-state index contributed by atoms with van der Waals surface area (Å²) in [5.74, 6) is -1.16. The molecule has 1 atom stereocenters. The Kier molecular flexibility index (Phi) is 7.90. The van der Waals surface area contributed by atoms with Gasteiger partial charge in [-0.05, 0) is 12.8 Å². The number of carbonyl (C=O) groups is 1.